The van der Waals surface area contributed by atoms with E-state index in [4.69, 9.17) is 0 Å². The third kappa shape index (κ3) is 2.11. The lowest BCUT2D eigenvalue weighted by Gasteiger charge is -2.55. The van der Waals surface area contributed by atoms with E-state index in [-0.39, 0.29) is 17.4 Å². The minimum atomic E-state index is 0.0411. The molecule has 116 valence electrons. The molecule has 3 aliphatic rings. The van der Waals surface area contributed by atoms with Crippen molar-refractivity contribution in [2.75, 3.05) is 25.0 Å². The molecule has 1 spiro atoms. The SMILES string of the molecule is O=C1CCc2cc(C(=O)N3CCC34CCCNC4)ccc2N1. The molecule has 2 saturated heterocycles. The molecular weight excluding hydrogens is 278 g/mol. The first kappa shape index (κ1) is 13.8. The lowest BCUT2D eigenvalue weighted by molar-refractivity contribution is -0.116. The summed E-state index contributed by atoms with van der Waals surface area (Å²) >= 11 is 0. The van der Waals surface area contributed by atoms with Crippen LogP contribution in [0.15, 0.2) is 18.2 Å². The Morgan fingerprint density at radius 2 is 2.14 bits per heavy atom. The number of aryl methyl sites for hydroxylation is 1. The van der Waals surface area contributed by atoms with E-state index in [2.05, 4.69) is 10.6 Å². The molecule has 0 aromatic heterocycles. The molecule has 2 amide bonds. The van der Waals surface area contributed by atoms with E-state index in [1.807, 2.05) is 23.1 Å². The van der Waals surface area contributed by atoms with Gasteiger partial charge in [0.1, 0.15) is 0 Å². The molecule has 2 N–H and O–H groups in total. The first-order valence-corrected chi connectivity index (χ1v) is 8.13. The average Bonchev–Trinajstić information content (AvgIpc) is 2.54. The van der Waals surface area contributed by atoms with Gasteiger partial charge >= 0.3 is 0 Å². The van der Waals surface area contributed by atoms with Crippen molar-refractivity contribution in [3.05, 3.63) is 29.3 Å². The van der Waals surface area contributed by atoms with Gasteiger partial charge in [0.15, 0.2) is 0 Å². The molecule has 2 fully saturated rings. The van der Waals surface area contributed by atoms with Gasteiger partial charge in [0.05, 0.1) is 5.54 Å². The Morgan fingerprint density at radius 1 is 1.23 bits per heavy atom. The van der Waals surface area contributed by atoms with Gasteiger partial charge in [-0.2, -0.15) is 0 Å². The largest absolute Gasteiger partial charge is 0.332 e. The van der Waals surface area contributed by atoms with Crippen LogP contribution in [0.4, 0.5) is 5.69 Å². The zero-order valence-electron chi connectivity index (χ0n) is 12.7. The molecule has 22 heavy (non-hydrogen) atoms. The second-order valence-electron chi connectivity index (χ2n) is 6.63. The standard InChI is InChI=1S/C17H21N3O2/c21-15-5-3-12-10-13(2-4-14(12)19-15)16(22)20-9-7-17(20)6-1-8-18-11-17/h2,4,10,18H,1,3,5-9,11H2,(H,19,21). The van der Waals surface area contributed by atoms with Crippen LogP contribution in [0.2, 0.25) is 0 Å². The van der Waals surface area contributed by atoms with Gasteiger partial charge in [0, 0.05) is 30.8 Å². The molecule has 1 aromatic rings. The number of amides is 2. The summed E-state index contributed by atoms with van der Waals surface area (Å²) in [6, 6.07) is 5.67. The maximum absolute atomic E-state index is 12.9. The average molecular weight is 299 g/mol. The highest BCUT2D eigenvalue weighted by atomic mass is 16.2. The Morgan fingerprint density at radius 3 is 2.86 bits per heavy atom. The van der Waals surface area contributed by atoms with Crippen LogP contribution >= 0.6 is 0 Å². The van der Waals surface area contributed by atoms with E-state index in [0.717, 1.165) is 62.1 Å². The third-order valence-electron chi connectivity index (χ3n) is 5.32. The number of carbonyl (C=O) groups excluding carboxylic acids is 2. The van der Waals surface area contributed by atoms with Crippen molar-refractivity contribution >= 4 is 17.5 Å². The Balaban J connectivity index is 1.57. The monoisotopic (exact) mass is 299 g/mol. The predicted molar refractivity (Wildman–Crippen MR) is 83.9 cm³/mol. The predicted octanol–water partition coefficient (Wildman–Crippen LogP) is 1.54. The van der Waals surface area contributed by atoms with Crippen molar-refractivity contribution in [2.45, 2.75) is 37.6 Å². The van der Waals surface area contributed by atoms with Crippen LogP contribution in [0, 0.1) is 0 Å². The van der Waals surface area contributed by atoms with E-state index < -0.39 is 0 Å². The molecule has 0 saturated carbocycles. The minimum absolute atomic E-state index is 0.0411. The highest BCUT2D eigenvalue weighted by Gasteiger charge is 2.47. The smallest absolute Gasteiger partial charge is 0.254 e. The Hall–Kier alpha value is -1.88. The summed E-state index contributed by atoms with van der Waals surface area (Å²) in [4.78, 5) is 26.3. The number of anilines is 1. The number of rotatable bonds is 1. The van der Waals surface area contributed by atoms with E-state index in [1.165, 1.54) is 0 Å². The van der Waals surface area contributed by atoms with E-state index in [1.54, 1.807) is 0 Å². The van der Waals surface area contributed by atoms with Crippen molar-refractivity contribution in [3.63, 3.8) is 0 Å². The fourth-order valence-corrected chi connectivity index (χ4v) is 3.92. The van der Waals surface area contributed by atoms with Gasteiger partial charge in [-0.3, -0.25) is 9.59 Å². The number of benzene rings is 1. The summed E-state index contributed by atoms with van der Waals surface area (Å²) in [5.41, 5.74) is 2.71. The molecule has 0 aliphatic carbocycles. The summed E-state index contributed by atoms with van der Waals surface area (Å²) in [6.07, 6.45) is 4.57. The van der Waals surface area contributed by atoms with Crippen molar-refractivity contribution in [2.24, 2.45) is 0 Å². The topological polar surface area (TPSA) is 61.4 Å². The fourth-order valence-electron chi connectivity index (χ4n) is 3.92. The molecule has 5 nitrogen and oxygen atoms in total. The van der Waals surface area contributed by atoms with Crippen LogP contribution < -0.4 is 10.6 Å². The first-order valence-electron chi connectivity index (χ1n) is 8.13. The number of hydrogen-bond acceptors (Lipinski definition) is 3. The Labute approximate surface area is 130 Å². The summed E-state index contributed by atoms with van der Waals surface area (Å²) in [5.74, 6) is 0.191. The van der Waals surface area contributed by atoms with Crippen LogP contribution in [-0.2, 0) is 11.2 Å². The third-order valence-corrected chi connectivity index (χ3v) is 5.32. The zero-order valence-corrected chi connectivity index (χ0v) is 12.7. The van der Waals surface area contributed by atoms with Gasteiger partial charge in [-0.1, -0.05) is 0 Å². The number of carbonyl (C=O) groups is 2. The van der Waals surface area contributed by atoms with Crippen LogP contribution in [0.25, 0.3) is 0 Å². The Kier molecular flexibility index (Phi) is 3.18. The molecule has 1 atom stereocenters. The first-order chi connectivity index (χ1) is 10.7. The van der Waals surface area contributed by atoms with Crippen LogP contribution in [0.1, 0.15) is 41.6 Å². The number of piperidine rings is 1. The number of fused-ring (bicyclic) bond motifs is 1. The molecule has 0 bridgehead atoms. The van der Waals surface area contributed by atoms with Gasteiger partial charge in [-0.15, -0.1) is 0 Å². The highest BCUT2D eigenvalue weighted by molar-refractivity contribution is 5.98. The van der Waals surface area contributed by atoms with Crippen molar-refractivity contribution in [3.8, 4) is 0 Å². The van der Waals surface area contributed by atoms with Crippen LogP contribution in [-0.4, -0.2) is 41.9 Å². The minimum Gasteiger partial charge on any atom is -0.332 e. The van der Waals surface area contributed by atoms with Crippen molar-refractivity contribution in [1.29, 1.82) is 0 Å². The second kappa shape index (κ2) is 5.09. The maximum atomic E-state index is 12.9. The van der Waals surface area contributed by atoms with Crippen LogP contribution in [0.3, 0.4) is 0 Å². The lowest BCUT2D eigenvalue weighted by atomic mass is 9.78. The van der Waals surface area contributed by atoms with Gasteiger partial charge in [-0.25, -0.2) is 0 Å². The number of nitrogens with zero attached hydrogens (tertiary/aromatic N) is 1. The van der Waals surface area contributed by atoms with E-state index >= 15 is 0 Å². The summed E-state index contributed by atoms with van der Waals surface area (Å²) < 4.78 is 0. The fraction of sp³-hybridized carbons (Fsp3) is 0.529. The molecule has 0 radical (unpaired) electrons. The summed E-state index contributed by atoms with van der Waals surface area (Å²) in [7, 11) is 0. The molecule has 3 heterocycles. The van der Waals surface area contributed by atoms with Gasteiger partial charge in [0.2, 0.25) is 5.91 Å². The van der Waals surface area contributed by atoms with E-state index in [9.17, 15) is 9.59 Å². The highest BCUT2D eigenvalue weighted by Crippen LogP contribution is 2.37. The lowest BCUT2D eigenvalue weighted by Crippen LogP contribution is -2.67. The van der Waals surface area contributed by atoms with Gasteiger partial charge in [-0.05, 0) is 56.0 Å². The summed E-state index contributed by atoms with van der Waals surface area (Å²) in [5, 5.41) is 6.29. The second-order valence-corrected chi connectivity index (χ2v) is 6.63. The number of nitrogens with one attached hydrogen (secondary N) is 2. The van der Waals surface area contributed by atoms with Crippen LogP contribution in [0.5, 0.6) is 0 Å². The number of likely N-dealkylation sites (tertiary alicyclic amines) is 1. The molecule has 1 aromatic carbocycles. The van der Waals surface area contributed by atoms with Crippen molar-refractivity contribution < 1.29 is 9.59 Å². The molecule has 4 rings (SSSR count). The zero-order chi connectivity index (χ0) is 15.2. The molecule has 1 unspecified atom stereocenters. The summed E-state index contributed by atoms with van der Waals surface area (Å²) in [6.45, 7) is 2.83. The normalized spacial score (nSPS) is 27.1. The van der Waals surface area contributed by atoms with Crippen molar-refractivity contribution in [1.82, 2.24) is 10.2 Å². The van der Waals surface area contributed by atoms with Gasteiger partial charge < -0.3 is 15.5 Å². The molecule has 3 aliphatic heterocycles. The maximum Gasteiger partial charge on any atom is 0.254 e. The van der Waals surface area contributed by atoms with E-state index in [0.29, 0.717) is 6.42 Å². The van der Waals surface area contributed by atoms with Gasteiger partial charge in [0.25, 0.3) is 5.91 Å². The quantitative estimate of drug-likeness (QED) is 0.827. The number of hydrogen-bond donors (Lipinski definition) is 2. The molecule has 5 heteroatoms. The Bertz CT molecular complexity index is 635. The molecular formula is C17H21N3O2.